The number of thioether (sulfide) groups is 1. The van der Waals surface area contributed by atoms with Crippen molar-refractivity contribution in [2.24, 2.45) is 11.8 Å². The van der Waals surface area contributed by atoms with Crippen molar-refractivity contribution < 1.29 is 14.3 Å². The molecule has 1 aliphatic carbocycles. The summed E-state index contributed by atoms with van der Waals surface area (Å²) >= 11 is 1.81. The van der Waals surface area contributed by atoms with Crippen LogP contribution in [0.5, 0.6) is 5.75 Å². The molecule has 1 amide bonds. The highest BCUT2D eigenvalue weighted by Gasteiger charge is 2.27. The molecule has 0 spiro atoms. The molecule has 1 aromatic heterocycles. The third-order valence-corrected chi connectivity index (χ3v) is 6.58. The highest BCUT2D eigenvalue weighted by Crippen LogP contribution is 2.47. The lowest BCUT2D eigenvalue weighted by atomic mass is 10.1. The Hall–Kier alpha value is -2.31. The first-order chi connectivity index (χ1) is 15.1. The number of ether oxygens (including phenoxy) is 2. The number of nitrogens with one attached hydrogen (secondary N) is 1. The van der Waals surface area contributed by atoms with E-state index in [1.807, 2.05) is 38.1 Å². The molecule has 2 heterocycles. The quantitative estimate of drug-likeness (QED) is 0.491. The maximum absolute atomic E-state index is 10.7. The van der Waals surface area contributed by atoms with Crippen LogP contribution in [0.25, 0.3) is 15.8 Å². The molecule has 0 bridgehead atoms. The highest BCUT2D eigenvalue weighted by atomic mass is 32.2. The van der Waals surface area contributed by atoms with Gasteiger partial charge in [-0.05, 0) is 62.6 Å². The number of nitrogens with zero attached hydrogens (tertiary/aromatic N) is 1. The van der Waals surface area contributed by atoms with Crippen molar-refractivity contribution in [1.29, 1.82) is 0 Å². The lowest BCUT2D eigenvalue weighted by Gasteiger charge is -2.20. The van der Waals surface area contributed by atoms with Gasteiger partial charge in [0.2, 0.25) is 6.41 Å². The number of benzene rings is 1. The minimum absolute atomic E-state index is 0.574. The molecule has 6 heteroatoms. The van der Waals surface area contributed by atoms with E-state index in [0.29, 0.717) is 18.9 Å². The molecule has 1 saturated carbocycles. The summed E-state index contributed by atoms with van der Waals surface area (Å²) in [4.78, 5) is 18.1. The van der Waals surface area contributed by atoms with Gasteiger partial charge in [-0.2, -0.15) is 0 Å². The fourth-order valence-corrected chi connectivity index (χ4v) is 4.34. The molecule has 0 atom stereocenters. The molecule has 5 nitrogen and oxygen atoms in total. The molecule has 166 valence electrons. The summed E-state index contributed by atoms with van der Waals surface area (Å²) in [6.07, 6.45) is 7.57. The third-order valence-electron chi connectivity index (χ3n) is 5.11. The Balaban J connectivity index is 0.000000478. The normalized spacial score (nSPS) is 16.9. The summed E-state index contributed by atoms with van der Waals surface area (Å²) < 4.78 is 10.7. The molecule has 1 aliphatic heterocycles. The van der Waals surface area contributed by atoms with Crippen molar-refractivity contribution in [3.8, 4) is 5.75 Å². The molecule has 31 heavy (non-hydrogen) atoms. The standard InChI is InChI=1S/C21H24N2O2S.C4H8O/c1-4-20(14-7-8-14)26-21(5-2)18-12-19(25-6-3)16-11-15(22-13-24)9-10-17(16)23-18;1-4-2-5-3-4/h4-5,9-14H,6-8H2,1-3H3,(H,22,24);4H,2-3H2,1H3/b20-4-,21-5-;. The van der Waals surface area contributed by atoms with E-state index in [1.54, 1.807) is 11.8 Å². The molecule has 2 aromatic rings. The number of fused-ring (bicyclic) bond motifs is 1. The van der Waals surface area contributed by atoms with E-state index < -0.39 is 0 Å². The van der Waals surface area contributed by atoms with E-state index in [-0.39, 0.29) is 0 Å². The summed E-state index contributed by atoms with van der Waals surface area (Å²) in [5.41, 5.74) is 2.51. The molecular formula is C25H32N2O3S. The Kier molecular flexibility index (Phi) is 8.55. The molecule has 2 aliphatic rings. The smallest absolute Gasteiger partial charge is 0.211 e. The minimum Gasteiger partial charge on any atom is -0.493 e. The third kappa shape index (κ3) is 6.34. The van der Waals surface area contributed by atoms with Crippen molar-refractivity contribution in [2.45, 2.75) is 40.5 Å². The van der Waals surface area contributed by atoms with Gasteiger partial charge < -0.3 is 14.8 Å². The predicted molar refractivity (Wildman–Crippen MR) is 130 cm³/mol. The van der Waals surface area contributed by atoms with Crippen molar-refractivity contribution >= 4 is 39.7 Å². The van der Waals surface area contributed by atoms with Crippen LogP contribution in [0.15, 0.2) is 41.3 Å². The van der Waals surface area contributed by atoms with Gasteiger partial charge in [0.1, 0.15) is 5.75 Å². The number of amides is 1. The van der Waals surface area contributed by atoms with Crippen molar-refractivity contribution in [2.75, 3.05) is 25.1 Å². The molecule has 1 N–H and O–H groups in total. The Bertz CT molecular complexity index is 963. The van der Waals surface area contributed by atoms with Gasteiger partial charge >= 0.3 is 0 Å². The van der Waals surface area contributed by atoms with E-state index >= 15 is 0 Å². The molecule has 1 saturated heterocycles. The van der Waals surface area contributed by atoms with E-state index in [1.165, 1.54) is 17.7 Å². The number of rotatable bonds is 8. The topological polar surface area (TPSA) is 60.5 Å². The first kappa shape index (κ1) is 23.4. The van der Waals surface area contributed by atoms with E-state index in [4.69, 9.17) is 14.5 Å². The maximum Gasteiger partial charge on any atom is 0.211 e. The van der Waals surface area contributed by atoms with Crippen LogP contribution in [0.2, 0.25) is 0 Å². The first-order valence-electron chi connectivity index (χ1n) is 11.0. The second kappa shape index (κ2) is 11.3. The summed E-state index contributed by atoms with van der Waals surface area (Å²) in [5.74, 6) is 2.34. The van der Waals surface area contributed by atoms with Crippen molar-refractivity contribution in [3.63, 3.8) is 0 Å². The Labute approximate surface area is 189 Å². The summed E-state index contributed by atoms with van der Waals surface area (Å²) in [5, 5.41) is 3.58. The van der Waals surface area contributed by atoms with Gasteiger partial charge in [-0.25, -0.2) is 4.98 Å². The largest absolute Gasteiger partial charge is 0.493 e. The zero-order valence-corrected chi connectivity index (χ0v) is 19.6. The van der Waals surface area contributed by atoms with Gasteiger partial charge in [0.25, 0.3) is 0 Å². The van der Waals surface area contributed by atoms with Gasteiger partial charge in [-0.15, -0.1) is 0 Å². The van der Waals surface area contributed by atoms with Gasteiger partial charge in [0.05, 0.1) is 31.0 Å². The highest BCUT2D eigenvalue weighted by molar-refractivity contribution is 8.11. The van der Waals surface area contributed by atoms with Crippen molar-refractivity contribution in [1.82, 2.24) is 4.98 Å². The number of aromatic nitrogens is 1. The zero-order chi connectivity index (χ0) is 22.2. The fourth-order valence-electron chi connectivity index (χ4n) is 3.24. The molecular weight excluding hydrogens is 408 g/mol. The van der Waals surface area contributed by atoms with Crippen LogP contribution in [-0.2, 0) is 9.53 Å². The fraction of sp³-hybridized carbons (Fsp3) is 0.440. The van der Waals surface area contributed by atoms with Crippen LogP contribution in [0.4, 0.5) is 5.69 Å². The monoisotopic (exact) mass is 440 g/mol. The van der Waals surface area contributed by atoms with Crippen molar-refractivity contribution in [3.05, 3.63) is 47.0 Å². The van der Waals surface area contributed by atoms with E-state index in [9.17, 15) is 4.79 Å². The zero-order valence-electron chi connectivity index (χ0n) is 18.8. The minimum atomic E-state index is 0.574. The number of hydrogen-bond acceptors (Lipinski definition) is 5. The summed E-state index contributed by atoms with van der Waals surface area (Å²) in [6, 6.07) is 7.67. The van der Waals surface area contributed by atoms with E-state index in [2.05, 4.69) is 31.3 Å². The van der Waals surface area contributed by atoms with Crippen LogP contribution in [-0.4, -0.2) is 31.2 Å². The predicted octanol–water partition coefficient (Wildman–Crippen LogP) is 6.26. The molecule has 0 unspecified atom stereocenters. The average molecular weight is 441 g/mol. The van der Waals surface area contributed by atoms with Crippen LogP contribution < -0.4 is 10.1 Å². The van der Waals surface area contributed by atoms with Crippen LogP contribution >= 0.6 is 11.8 Å². The van der Waals surface area contributed by atoms with Gasteiger partial charge in [-0.1, -0.05) is 30.8 Å². The molecule has 4 rings (SSSR count). The van der Waals surface area contributed by atoms with Crippen LogP contribution in [0.3, 0.4) is 0 Å². The second-order valence-corrected chi connectivity index (χ2v) is 8.91. The number of pyridine rings is 1. The number of allylic oxidation sites excluding steroid dienone is 3. The number of hydrogen-bond donors (Lipinski definition) is 1. The number of carbonyl (C=O) groups is 1. The van der Waals surface area contributed by atoms with Gasteiger partial charge in [0, 0.05) is 28.0 Å². The first-order valence-corrected chi connectivity index (χ1v) is 11.8. The second-order valence-electron chi connectivity index (χ2n) is 7.80. The lowest BCUT2D eigenvalue weighted by Crippen LogP contribution is -2.23. The maximum atomic E-state index is 10.7. The van der Waals surface area contributed by atoms with Crippen LogP contribution in [0, 0.1) is 11.8 Å². The van der Waals surface area contributed by atoms with Gasteiger partial charge in [0.15, 0.2) is 0 Å². The number of carbonyl (C=O) groups excluding carboxylic acids is 1. The van der Waals surface area contributed by atoms with Crippen LogP contribution in [0.1, 0.15) is 46.2 Å². The molecule has 1 aromatic carbocycles. The summed E-state index contributed by atoms with van der Waals surface area (Å²) in [7, 11) is 0. The number of anilines is 1. The van der Waals surface area contributed by atoms with Gasteiger partial charge in [-0.3, -0.25) is 4.79 Å². The summed E-state index contributed by atoms with van der Waals surface area (Å²) in [6.45, 7) is 10.9. The lowest BCUT2D eigenvalue weighted by molar-refractivity contribution is -0.105. The average Bonchev–Trinajstić information content (AvgIpc) is 3.59. The van der Waals surface area contributed by atoms with E-state index in [0.717, 1.165) is 52.1 Å². The Morgan fingerprint density at radius 2 is 2.00 bits per heavy atom. The SMILES string of the molecule is C/C=C(\S/C(=C\C)C1CC1)c1cc(OCC)c2cc(NC=O)ccc2n1.CC1COC1. The molecule has 0 radical (unpaired) electrons. The molecule has 2 fully saturated rings. The Morgan fingerprint density at radius 3 is 2.52 bits per heavy atom. The Morgan fingerprint density at radius 1 is 1.26 bits per heavy atom.